The van der Waals surface area contributed by atoms with Gasteiger partial charge in [0.1, 0.15) is 30.5 Å². The Labute approximate surface area is 169 Å². The third kappa shape index (κ3) is 4.29. The molecule has 0 spiro atoms. The SMILES string of the molecule is Cc1ccc(Nc2cc(C(=O)Nc3ccc4c(c3)OCCO4)nc(C)n2)c(C)c1. The Kier molecular flexibility index (Phi) is 5.03. The van der Waals surface area contributed by atoms with E-state index in [4.69, 9.17) is 9.47 Å². The van der Waals surface area contributed by atoms with E-state index >= 15 is 0 Å². The quantitative estimate of drug-likeness (QED) is 0.695. The maximum atomic E-state index is 12.7. The summed E-state index contributed by atoms with van der Waals surface area (Å²) in [6, 6.07) is 13.0. The van der Waals surface area contributed by atoms with Crippen molar-refractivity contribution in [2.45, 2.75) is 20.8 Å². The van der Waals surface area contributed by atoms with Crippen LogP contribution in [0.15, 0.2) is 42.5 Å². The number of aryl methyl sites for hydroxylation is 3. The van der Waals surface area contributed by atoms with Crippen molar-refractivity contribution < 1.29 is 14.3 Å². The summed E-state index contributed by atoms with van der Waals surface area (Å²) in [6.45, 7) is 6.84. The van der Waals surface area contributed by atoms with Crippen LogP contribution < -0.4 is 20.1 Å². The zero-order valence-corrected chi connectivity index (χ0v) is 16.6. The van der Waals surface area contributed by atoms with Crippen LogP contribution in [0.3, 0.4) is 0 Å². The van der Waals surface area contributed by atoms with Crippen molar-refractivity contribution in [2.75, 3.05) is 23.8 Å². The summed E-state index contributed by atoms with van der Waals surface area (Å²) in [5.41, 5.74) is 4.11. The van der Waals surface area contributed by atoms with Gasteiger partial charge in [0.15, 0.2) is 11.5 Å². The summed E-state index contributed by atoms with van der Waals surface area (Å²) in [4.78, 5) is 21.4. The molecule has 4 rings (SSSR count). The van der Waals surface area contributed by atoms with Crippen molar-refractivity contribution in [2.24, 2.45) is 0 Å². The lowest BCUT2D eigenvalue weighted by molar-refractivity contribution is 0.102. The van der Waals surface area contributed by atoms with Gasteiger partial charge in [0.05, 0.1) is 0 Å². The summed E-state index contributed by atoms with van der Waals surface area (Å²) in [5, 5.41) is 6.13. The lowest BCUT2D eigenvalue weighted by Gasteiger charge is -2.19. The number of amides is 1. The Bertz CT molecular complexity index is 1080. The number of fused-ring (bicyclic) bond motifs is 1. The van der Waals surface area contributed by atoms with E-state index in [0.717, 1.165) is 11.3 Å². The van der Waals surface area contributed by atoms with Gasteiger partial charge in [-0.15, -0.1) is 0 Å². The average molecular weight is 390 g/mol. The first kappa shape index (κ1) is 18.7. The van der Waals surface area contributed by atoms with Crippen LogP contribution in [0.1, 0.15) is 27.4 Å². The molecule has 0 bridgehead atoms. The summed E-state index contributed by atoms with van der Waals surface area (Å²) in [7, 11) is 0. The van der Waals surface area contributed by atoms with E-state index < -0.39 is 0 Å². The number of carbonyl (C=O) groups excluding carboxylic acids is 1. The topological polar surface area (TPSA) is 85.4 Å². The molecule has 0 saturated carbocycles. The second kappa shape index (κ2) is 7.79. The molecule has 7 nitrogen and oxygen atoms in total. The molecule has 0 atom stereocenters. The molecule has 29 heavy (non-hydrogen) atoms. The predicted molar refractivity (Wildman–Crippen MR) is 111 cm³/mol. The Hall–Kier alpha value is -3.61. The van der Waals surface area contributed by atoms with Crippen molar-refractivity contribution in [3.63, 3.8) is 0 Å². The minimum absolute atomic E-state index is 0.277. The molecule has 1 aromatic heterocycles. The van der Waals surface area contributed by atoms with Gasteiger partial charge in [-0.2, -0.15) is 0 Å². The molecular weight excluding hydrogens is 368 g/mol. The molecule has 2 heterocycles. The fraction of sp³-hybridized carbons (Fsp3) is 0.227. The van der Waals surface area contributed by atoms with Crippen molar-refractivity contribution in [3.05, 3.63) is 65.1 Å². The van der Waals surface area contributed by atoms with Gasteiger partial charge < -0.3 is 20.1 Å². The van der Waals surface area contributed by atoms with E-state index in [9.17, 15) is 4.79 Å². The Morgan fingerprint density at radius 3 is 2.52 bits per heavy atom. The van der Waals surface area contributed by atoms with Gasteiger partial charge in [-0.05, 0) is 44.5 Å². The molecule has 2 N–H and O–H groups in total. The van der Waals surface area contributed by atoms with E-state index in [-0.39, 0.29) is 11.6 Å². The molecule has 0 saturated heterocycles. The first-order valence-electron chi connectivity index (χ1n) is 9.39. The smallest absolute Gasteiger partial charge is 0.274 e. The largest absolute Gasteiger partial charge is 0.486 e. The number of benzene rings is 2. The van der Waals surface area contributed by atoms with E-state index in [2.05, 4.69) is 26.7 Å². The third-order valence-electron chi connectivity index (χ3n) is 4.52. The number of carbonyl (C=O) groups is 1. The molecule has 1 aliphatic heterocycles. The third-order valence-corrected chi connectivity index (χ3v) is 4.52. The maximum absolute atomic E-state index is 12.7. The number of nitrogens with one attached hydrogen (secondary N) is 2. The fourth-order valence-corrected chi connectivity index (χ4v) is 3.16. The molecular formula is C22H22N4O3. The van der Waals surface area contributed by atoms with Crippen molar-refractivity contribution >= 4 is 23.1 Å². The number of hydrogen-bond donors (Lipinski definition) is 2. The fourth-order valence-electron chi connectivity index (χ4n) is 3.16. The van der Waals surface area contributed by atoms with Crippen LogP contribution in [-0.4, -0.2) is 29.1 Å². The number of nitrogens with zero attached hydrogens (tertiary/aromatic N) is 2. The second-order valence-electron chi connectivity index (χ2n) is 6.94. The number of aromatic nitrogens is 2. The number of hydrogen-bond acceptors (Lipinski definition) is 6. The summed E-state index contributed by atoms with van der Waals surface area (Å²) < 4.78 is 11.1. The Morgan fingerprint density at radius 2 is 1.72 bits per heavy atom. The predicted octanol–water partition coefficient (Wildman–Crippen LogP) is 4.17. The van der Waals surface area contributed by atoms with E-state index in [1.165, 1.54) is 5.56 Å². The van der Waals surface area contributed by atoms with Crippen LogP contribution >= 0.6 is 0 Å². The summed E-state index contributed by atoms with van der Waals surface area (Å²) in [5.74, 6) is 2.04. The minimum atomic E-state index is -0.323. The number of rotatable bonds is 4. The second-order valence-corrected chi connectivity index (χ2v) is 6.94. The normalized spacial score (nSPS) is 12.4. The van der Waals surface area contributed by atoms with E-state index in [1.54, 1.807) is 31.2 Å². The highest BCUT2D eigenvalue weighted by Crippen LogP contribution is 2.32. The lowest BCUT2D eigenvalue weighted by Crippen LogP contribution is -2.17. The molecule has 7 heteroatoms. The highest BCUT2D eigenvalue weighted by Gasteiger charge is 2.15. The zero-order valence-electron chi connectivity index (χ0n) is 16.6. The first-order chi connectivity index (χ1) is 14.0. The van der Waals surface area contributed by atoms with Crippen molar-refractivity contribution in [1.82, 2.24) is 9.97 Å². The van der Waals surface area contributed by atoms with Gasteiger partial charge in [0.25, 0.3) is 5.91 Å². The highest BCUT2D eigenvalue weighted by molar-refractivity contribution is 6.03. The van der Waals surface area contributed by atoms with Gasteiger partial charge >= 0.3 is 0 Å². The van der Waals surface area contributed by atoms with Crippen LogP contribution in [0.25, 0.3) is 0 Å². The summed E-state index contributed by atoms with van der Waals surface area (Å²) in [6.07, 6.45) is 0. The van der Waals surface area contributed by atoms with Crippen LogP contribution in [0, 0.1) is 20.8 Å². The minimum Gasteiger partial charge on any atom is -0.486 e. The molecule has 0 aliphatic carbocycles. The van der Waals surface area contributed by atoms with Gasteiger partial charge in [0, 0.05) is 23.5 Å². The Balaban J connectivity index is 1.54. The van der Waals surface area contributed by atoms with E-state index in [0.29, 0.717) is 42.0 Å². The van der Waals surface area contributed by atoms with Crippen LogP contribution in [0.5, 0.6) is 11.5 Å². The van der Waals surface area contributed by atoms with Crippen molar-refractivity contribution in [3.8, 4) is 11.5 Å². The molecule has 0 fully saturated rings. The summed E-state index contributed by atoms with van der Waals surface area (Å²) >= 11 is 0. The molecule has 148 valence electrons. The highest BCUT2D eigenvalue weighted by atomic mass is 16.6. The zero-order chi connectivity index (χ0) is 20.4. The first-order valence-corrected chi connectivity index (χ1v) is 9.39. The van der Waals surface area contributed by atoms with Gasteiger partial charge in [-0.25, -0.2) is 9.97 Å². The molecule has 0 unspecified atom stereocenters. The number of anilines is 3. The van der Waals surface area contributed by atoms with Gasteiger partial charge in [-0.3, -0.25) is 4.79 Å². The standard InChI is InChI=1S/C22H22N4O3/c1-13-4-6-17(14(2)10-13)26-21-12-18(23-15(3)24-21)22(27)25-16-5-7-19-20(11-16)29-9-8-28-19/h4-7,10-12H,8-9H2,1-3H3,(H,25,27)(H,23,24,26). The molecule has 3 aromatic rings. The molecule has 1 aliphatic rings. The van der Waals surface area contributed by atoms with Gasteiger partial charge in [-0.1, -0.05) is 17.7 Å². The molecule has 2 aromatic carbocycles. The monoisotopic (exact) mass is 390 g/mol. The Morgan fingerprint density at radius 1 is 0.931 bits per heavy atom. The van der Waals surface area contributed by atoms with Crippen LogP contribution in [-0.2, 0) is 0 Å². The average Bonchev–Trinajstić information content (AvgIpc) is 2.69. The lowest BCUT2D eigenvalue weighted by atomic mass is 10.1. The molecule has 1 amide bonds. The maximum Gasteiger partial charge on any atom is 0.274 e. The van der Waals surface area contributed by atoms with Crippen LogP contribution in [0.2, 0.25) is 0 Å². The van der Waals surface area contributed by atoms with Crippen molar-refractivity contribution in [1.29, 1.82) is 0 Å². The van der Waals surface area contributed by atoms with Gasteiger partial charge in [0.2, 0.25) is 0 Å². The van der Waals surface area contributed by atoms with Crippen LogP contribution in [0.4, 0.5) is 17.2 Å². The van der Waals surface area contributed by atoms with E-state index in [1.807, 2.05) is 26.0 Å². The number of ether oxygens (including phenoxy) is 2. The molecule has 0 radical (unpaired) electrons.